The van der Waals surface area contributed by atoms with Crippen LogP contribution < -0.4 is 5.32 Å². The Balaban J connectivity index is 1.91. The Labute approximate surface area is 119 Å². The van der Waals surface area contributed by atoms with Gasteiger partial charge in [-0.15, -0.1) is 0 Å². The van der Waals surface area contributed by atoms with Gasteiger partial charge in [-0.25, -0.2) is 0 Å². The van der Waals surface area contributed by atoms with Crippen LogP contribution in [0.4, 0.5) is 0 Å². The minimum absolute atomic E-state index is 0.131. The number of furan rings is 1. The quantitative estimate of drug-likeness (QED) is 0.840. The van der Waals surface area contributed by atoms with Gasteiger partial charge < -0.3 is 9.73 Å². The second-order valence-electron chi connectivity index (χ2n) is 4.67. The third-order valence-corrected chi connectivity index (χ3v) is 3.14. The molecule has 1 N–H and O–H groups in total. The highest BCUT2D eigenvalue weighted by Crippen LogP contribution is 2.12. The number of rotatable bonds is 5. The summed E-state index contributed by atoms with van der Waals surface area (Å²) in [6, 6.07) is 11.7. The molecule has 1 amide bonds. The lowest BCUT2D eigenvalue weighted by molar-refractivity contribution is -0.117. The third kappa shape index (κ3) is 3.85. The van der Waals surface area contributed by atoms with Crippen molar-refractivity contribution in [2.75, 3.05) is 0 Å². The Morgan fingerprint density at radius 1 is 1.30 bits per heavy atom. The van der Waals surface area contributed by atoms with Crippen LogP contribution in [0.5, 0.6) is 0 Å². The molecule has 0 saturated carbocycles. The van der Waals surface area contributed by atoms with E-state index in [1.54, 1.807) is 12.3 Å². The fourth-order valence-corrected chi connectivity index (χ4v) is 1.91. The molecule has 0 radical (unpaired) electrons. The molecule has 0 aliphatic carbocycles. The highest BCUT2D eigenvalue weighted by Gasteiger charge is 2.09. The van der Waals surface area contributed by atoms with Crippen molar-refractivity contribution >= 4 is 12.0 Å². The molecule has 0 aliphatic rings. The molecule has 0 saturated heterocycles. The Morgan fingerprint density at radius 3 is 2.65 bits per heavy atom. The van der Waals surface area contributed by atoms with Crippen molar-refractivity contribution in [3.8, 4) is 0 Å². The van der Waals surface area contributed by atoms with Crippen LogP contribution in [-0.2, 0) is 11.2 Å². The molecule has 1 heterocycles. The summed E-state index contributed by atoms with van der Waals surface area (Å²) in [6.45, 7) is 4.01. The fraction of sp³-hybridized carbons (Fsp3) is 0.235. The van der Waals surface area contributed by atoms with Gasteiger partial charge >= 0.3 is 0 Å². The van der Waals surface area contributed by atoms with Gasteiger partial charge in [0.15, 0.2) is 0 Å². The zero-order valence-electron chi connectivity index (χ0n) is 11.8. The number of hydrogen-bond acceptors (Lipinski definition) is 2. The molecule has 2 aromatic rings. The maximum Gasteiger partial charge on any atom is 0.244 e. The maximum absolute atomic E-state index is 11.8. The van der Waals surface area contributed by atoms with Crippen molar-refractivity contribution < 1.29 is 9.21 Å². The molecule has 0 aliphatic heterocycles. The van der Waals surface area contributed by atoms with Crippen LogP contribution in [0.3, 0.4) is 0 Å². The molecule has 1 aromatic heterocycles. The molecule has 3 nitrogen and oxygen atoms in total. The van der Waals surface area contributed by atoms with Gasteiger partial charge in [-0.1, -0.05) is 31.2 Å². The first-order chi connectivity index (χ1) is 9.69. The van der Waals surface area contributed by atoms with Crippen molar-refractivity contribution in [1.82, 2.24) is 5.32 Å². The smallest absolute Gasteiger partial charge is 0.244 e. The zero-order chi connectivity index (χ0) is 14.4. The van der Waals surface area contributed by atoms with Crippen molar-refractivity contribution in [1.29, 1.82) is 0 Å². The molecule has 2 rings (SSSR count). The summed E-state index contributed by atoms with van der Waals surface area (Å²) in [7, 11) is 0. The maximum atomic E-state index is 11.8. The van der Waals surface area contributed by atoms with Crippen molar-refractivity contribution in [2.45, 2.75) is 26.3 Å². The number of carbonyl (C=O) groups is 1. The summed E-state index contributed by atoms with van der Waals surface area (Å²) >= 11 is 0. The van der Waals surface area contributed by atoms with Crippen molar-refractivity contribution in [3.63, 3.8) is 0 Å². The molecule has 0 spiro atoms. The van der Waals surface area contributed by atoms with Gasteiger partial charge in [0.2, 0.25) is 5.91 Å². The predicted octanol–water partition coefficient (Wildman–Crippen LogP) is 3.73. The fourth-order valence-electron chi connectivity index (χ4n) is 1.91. The molecule has 1 aromatic carbocycles. The van der Waals surface area contributed by atoms with E-state index >= 15 is 0 Å². The Morgan fingerprint density at radius 2 is 2.05 bits per heavy atom. The molecule has 104 valence electrons. The average molecular weight is 269 g/mol. The van der Waals surface area contributed by atoms with Crippen LogP contribution in [0.15, 0.2) is 53.2 Å². The summed E-state index contributed by atoms with van der Waals surface area (Å²) in [5.41, 5.74) is 2.31. The number of aryl methyl sites for hydroxylation is 1. The summed E-state index contributed by atoms with van der Waals surface area (Å²) in [5.74, 6) is 0.618. The molecule has 3 heteroatoms. The third-order valence-electron chi connectivity index (χ3n) is 3.14. The normalized spacial score (nSPS) is 12.5. The van der Waals surface area contributed by atoms with Crippen LogP contribution in [0, 0.1) is 0 Å². The van der Waals surface area contributed by atoms with Gasteiger partial charge in [-0.3, -0.25) is 4.79 Å². The lowest BCUT2D eigenvalue weighted by Gasteiger charge is -2.08. The summed E-state index contributed by atoms with van der Waals surface area (Å²) in [5, 5.41) is 2.86. The molecule has 0 fully saturated rings. The van der Waals surface area contributed by atoms with Gasteiger partial charge in [0.05, 0.1) is 12.3 Å². The van der Waals surface area contributed by atoms with Crippen LogP contribution in [0.2, 0.25) is 0 Å². The monoisotopic (exact) mass is 269 g/mol. The standard InChI is InChI=1S/C17H19NO2/c1-3-14-6-8-15(9-7-14)10-11-17(19)18-13(2)16-5-4-12-20-16/h4-13H,3H2,1-2H3,(H,18,19)/b11-10+/t13-/m1/s1. The van der Waals surface area contributed by atoms with Gasteiger partial charge in [-0.05, 0) is 42.7 Å². The number of nitrogens with one attached hydrogen (secondary N) is 1. The average Bonchev–Trinajstić information content (AvgIpc) is 3.00. The van der Waals surface area contributed by atoms with Gasteiger partial charge in [0.25, 0.3) is 0 Å². The minimum atomic E-state index is -0.135. The van der Waals surface area contributed by atoms with E-state index in [-0.39, 0.29) is 11.9 Å². The molecule has 0 bridgehead atoms. The topological polar surface area (TPSA) is 42.2 Å². The second kappa shape index (κ2) is 6.75. The van der Waals surface area contributed by atoms with Crippen LogP contribution >= 0.6 is 0 Å². The van der Waals surface area contributed by atoms with E-state index in [0.717, 1.165) is 17.7 Å². The minimum Gasteiger partial charge on any atom is -0.467 e. The van der Waals surface area contributed by atoms with Gasteiger partial charge in [0.1, 0.15) is 5.76 Å². The van der Waals surface area contributed by atoms with Crippen molar-refractivity contribution in [3.05, 3.63) is 65.6 Å². The Hall–Kier alpha value is -2.29. The summed E-state index contributed by atoms with van der Waals surface area (Å²) in [6.07, 6.45) is 5.97. The van der Waals surface area contributed by atoms with Crippen LogP contribution in [0.25, 0.3) is 6.08 Å². The highest BCUT2D eigenvalue weighted by atomic mass is 16.3. The number of hydrogen-bond donors (Lipinski definition) is 1. The first kappa shape index (κ1) is 14.1. The molecule has 20 heavy (non-hydrogen) atoms. The van der Waals surface area contributed by atoms with E-state index in [9.17, 15) is 4.79 Å². The molecular formula is C17H19NO2. The zero-order valence-corrected chi connectivity index (χ0v) is 11.8. The Bertz CT molecular complexity index is 568. The second-order valence-corrected chi connectivity index (χ2v) is 4.67. The van der Waals surface area contributed by atoms with Crippen LogP contribution in [0.1, 0.15) is 36.8 Å². The SMILES string of the molecule is CCc1ccc(/C=C/C(=O)N[C@H](C)c2ccco2)cc1. The summed E-state index contributed by atoms with van der Waals surface area (Å²) in [4.78, 5) is 11.8. The number of amides is 1. The van der Waals surface area contributed by atoms with Crippen LogP contribution in [-0.4, -0.2) is 5.91 Å². The Kier molecular flexibility index (Phi) is 4.77. The van der Waals surface area contributed by atoms with E-state index in [0.29, 0.717) is 0 Å². The van der Waals surface area contributed by atoms with E-state index in [4.69, 9.17) is 4.42 Å². The first-order valence-electron chi connectivity index (χ1n) is 6.80. The predicted molar refractivity (Wildman–Crippen MR) is 80.1 cm³/mol. The largest absolute Gasteiger partial charge is 0.467 e. The van der Waals surface area contributed by atoms with Crippen molar-refractivity contribution in [2.24, 2.45) is 0 Å². The number of benzene rings is 1. The van der Waals surface area contributed by atoms with Gasteiger partial charge in [-0.2, -0.15) is 0 Å². The molecular weight excluding hydrogens is 250 g/mol. The first-order valence-corrected chi connectivity index (χ1v) is 6.80. The molecule has 0 unspecified atom stereocenters. The highest BCUT2D eigenvalue weighted by molar-refractivity contribution is 5.91. The lowest BCUT2D eigenvalue weighted by Crippen LogP contribution is -2.24. The lowest BCUT2D eigenvalue weighted by atomic mass is 10.1. The van der Waals surface area contributed by atoms with E-state index in [1.165, 1.54) is 5.56 Å². The molecule has 1 atom stereocenters. The summed E-state index contributed by atoms with van der Waals surface area (Å²) < 4.78 is 5.25. The van der Waals surface area contributed by atoms with E-state index < -0.39 is 0 Å². The van der Waals surface area contributed by atoms with Gasteiger partial charge in [0, 0.05) is 6.08 Å². The van der Waals surface area contributed by atoms with E-state index in [2.05, 4.69) is 24.4 Å². The van der Waals surface area contributed by atoms with E-state index in [1.807, 2.05) is 37.3 Å². The number of carbonyl (C=O) groups excluding carboxylic acids is 1.